The van der Waals surface area contributed by atoms with Crippen LogP contribution in [-0.2, 0) is 10.8 Å². The maximum absolute atomic E-state index is 5.43. The lowest BCUT2D eigenvalue weighted by Gasteiger charge is -2.46. The van der Waals surface area contributed by atoms with Gasteiger partial charge in [-0.15, -0.1) is 0 Å². The number of hydrogen-bond acceptors (Lipinski definition) is 3. The van der Waals surface area contributed by atoms with Crippen LogP contribution < -0.4 is 0 Å². The first-order chi connectivity index (χ1) is 34.6. The Bertz CT molecular complexity index is 3890. The monoisotopic (exact) mass is 915 g/mol. The third-order valence-electron chi connectivity index (χ3n) is 15.7. The van der Waals surface area contributed by atoms with Gasteiger partial charge >= 0.3 is 0 Å². The van der Waals surface area contributed by atoms with Gasteiger partial charge in [-0.3, -0.25) is 4.57 Å². The Morgan fingerprint density at radius 3 is 1.35 bits per heavy atom. The topological polar surface area (TPSA) is 48.5 Å². The number of para-hydroxylation sites is 2. The van der Waals surface area contributed by atoms with Gasteiger partial charge in [-0.1, -0.05) is 223 Å². The Morgan fingerprint density at radius 2 is 0.803 bits per heavy atom. The Kier molecular flexibility index (Phi) is 9.83. The molecule has 0 spiro atoms. The molecular weight excluding hydrogens is 863 g/mol. The summed E-state index contributed by atoms with van der Waals surface area (Å²) in [5.74, 6) is 2.38. The molecule has 1 unspecified atom stereocenters. The molecule has 0 amide bonds. The van der Waals surface area contributed by atoms with Crippen molar-refractivity contribution in [3.8, 4) is 67.8 Å². The Labute approximate surface area is 414 Å². The molecule has 3 aromatic heterocycles. The second-order valence-electron chi connectivity index (χ2n) is 20.8. The number of rotatable bonds is 7. The molecule has 0 radical (unpaired) electrons. The van der Waals surface area contributed by atoms with E-state index in [1.165, 1.54) is 34.1 Å². The molecule has 342 valence electrons. The molecule has 5 nitrogen and oxygen atoms in total. The van der Waals surface area contributed by atoms with Crippen molar-refractivity contribution in [3.05, 3.63) is 223 Å². The first-order valence-electron chi connectivity index (χ1n) is 24.9. The highest BCUT2D eigenvalue weighted by Crippen LogP contribution is 2.50. The lowest BCUT2D eigenvalue weighted by molar-refractivity contribution is 0.233. The molecule has 0 bridgehead atoms. The summed E-state index contributed by atoms with van der Waals surface area (Å²) in [6, 6.07) is 76.5. The predicted molar refractivity (Wildman–Crippen MR) is 296 cm³/mol. The maximum atomic E-state index is 5.43. The van der Waals surface area contributed by atoms with E-state index in [0.29, 0.717) is 23.5 Å². The van der Waals surface area contributed by atoms with E-state index in [1.54, 1.807) is 0 Å². The maximum Gasteiger partial charge on any atom is 0.238 e. The molecule has 0 fully saturated rings. The van der Waals surface area contributed by atoms with Gasteiger partial charge in [0.25, 0.3) is 0 Å². The molecule has 71 heavy (non-hydrogen) atoms. The number of nitrogens with zero attached hydrogens (tertiary/aromatic N) is 5. The summed E-state index contributed by atoms with van der Waals surface area (Å²) < 4.78 is 4.72. The van der Waals surface area contributed by atoms with Crippen LogP contribution in [0.25, 0.3) is 111 Å². The standard InChI is InChI=1S/C66H53N5/c1-42-41-65(2,3)57-40-50(34-39-56(57)66(42,4)5)47-32-35-51(36-33-47)70-58-22-14-12-20-52(58)54-37-38-55-53-21-13-15-23-59(53)71(61(55)60(54)70)64-68-62(48-28-24-45(25-29-48)43-16-8-6-9-17-43)67-63(69-64)49-30-26-46(27-31-49)44-18-10-7-11-19-44/h6-40,42H,41H2,1-5H3. The minimum Gasteiger partial charge on any atom is -0.307 e. The Hall–Kier alpha value is -8.41. The van der Waals surface area contributed by atoms with Crippen LogP contribution in [0.1, 0.15) is 52.2 Å². The summed E-state index contributed by atoms with van der Waals surface area (Å²) >= 11 is 0. The number of hydrogen-bond donors (Lipinski definition) is 0. The van der Waals surface area contributed by atoms with Crippen LogP contribution in [-0.4, -0.2) is 24.1 Å². The van der Waals surface area contributed by atoms with Gasteiger partial charge in [-0.05, 0) is 91.9 Å². The van der Waals surface area contributed by atoms with Crippen LogP contribution in [0, 0.1) is 5.92 Å². The van der Waals surface area contributed by atoms with E-state index in [1.807, 2.05) is 12.1 Å². The normalized spacial score (nSPS) is 15.1. The smallest absolute Gasteiger partial charge is 0.238 e. The van der Waals surface area contributed by atoms with E-state index in [2.05, 4.69) is 244 Å². The third-order valence-corrected chi connectivity index (χ3v) is 15.7. The summed E-state index contributed by atoms with van der Waals surface area (Å²) in [5.41, 5.74) is 17.5. The van der Waals surface area contributed by atoms with Gasteiger partial charge in [0, 0.05) is 38.4 Å². The van der Waals surface area contributed by atoms with Gasteiger partial charge in [0.2, 0.25) is 5.95 Å². The van der Waals surface area contributed by atoms with Crippen molar-refractivity contribution in [2.45, 2.75) is 51.9 Å². The zero-order valence-electron chi connectivity index (χ0n) is 40.7. The fourth-order valence-corrected chi connectivity index (χ4v) is 11.6. The van der Waals surface area contributed by atoms with Crippen molar-refractivity contribution in [1.29, 1.82) is 0 Å². The summed E-state index contributed by atoms with van der Waals surface area (Å²) in [5, 5.41) is 4.61. The van der Waals surface area contributed by atoms with Crippen molar-refractivity contribution in [2.75, 3.05) is 0 Å². The first kappa shape index (κ1) is 42.7. The Balaban J connectivity index is 1.02. The highest BCUT2D eigenvalue weighted by atomic mass is 15.2. The molecule has 12 aromatic rings. The lowest BCUT2D eigenvalue weighted by Crippen LogP contribution is -2.40. The van der Waals surface area contributed by atoms with E-state index in [9.17, 15) is 0 Å². The van der Waals surface area contributed by atoms with Crippen LogP contribution in [0.15, 0.2) is 212 Å². The lowest BCUT2D eigenvalue weighted by atomic mass is 9.58. The zero-order chi connectivity index (χ0) is 48.0. The van der Waals surface area contributed by atoms with Gasteiger partial charge in [0.15, 0.2) is 11.6 Å². The van der Waals surface area contributed by atoms with Crippen molar-refractivity contribution < 1.29 is 0 Å². The van der Waals surface area contributed by atoms with Gasteiger partial charge < -0.3 is 4.57 Å². The zero-order valence-corrected chi connectivity index (χ0v) is 40.7. The molecule has 0 aliphatic heterocycles. The summed E-state index contributed by atoms with van der Waals surface area (Å²) in [6.45, 7) is 12.1. The number of aromatic nitrogens is 5. The van der Waals surface area contributed by atoms with Crippen molar-refractivity contribution in [2.24, 2.45) is 5.92 Å². The molecular formula is C66H53N5. The van der Waals surface area contributed by atoms with Crippen LogP contribution in [0.3, 0.4) is 0 Å². The highest BCUT2D eigenvalue weighted by Gasteiger charge is 2.42. The molecule has 0 N–H and O–H groups in total. The van der Waals surface area contributed by atoms with Crippen LogP contribution >= 0.6 is 0 Å². The molecule has 1 aliphatic carbocycles. The SMILES string of the molecule is CC1CC(C)(C)c2cc(-c3ccc(-n4c5ccccc5c5ccc6c7ccccc7n(-c7nc(-c8ccc(-c9ccccc9)cc8)nc(-c8ccc(-c9ccccc9)cc8)n7)c6c54)cc3)ccc2C1(C)C. The van der Waals surface area contributed by atoms with Crippen molar-refractivity contribution >= 4 is 43.6 Å². The second kappa shape index (κ2) is 16.4. The summed E-state index contributed by atoms with van der Waals surface area (Å²) in [7, 11) is 0. The van der Waals surface area contributed by atoms with E-state index in [0.717, 1.165) is 77.3 Å². The van der Waals surface area contributed by atoms with Crippen LogP contribution in [0.2, 0.25) is 0 Å². The summed E-state index contributed by atoms with van der Waals surface area (Å²) in [6.07, 6.45) is 1.17. The first-order valence-corrected chi connectivity index (χ1v) is 24.9. The van der Waals surface area contributed by atoms with E-state index in [-0.39, 0.29) is 10.8 Å². The van der Waals surface area contributed by atoms with Crippen LogP contribution in [0.4, 0.5) is 0 Å². The van der Waals surface area contributed by atoms with Crippen LogP contribution in [0.5, 0.6) is 0 Å². The molecule has 1 aliphatic rings. The van der Waals surface area contributed by atoms with E-state index < -0.39 is 0 Å². The molecule has 0 saturated heterocycles. The largest absolute Gasteiger partial charge is 0.307 e. The Morgan fingerprint density at radius 1 is 0.380 bits per heavy atom. The minimum absolute atomic E-state index is 0.104. The fourth-order valence-electron chi connectivity index (χ4n) is 11.6. The third kappa shape index (κ3) is 7.01. The van der Waals surface area contributed by atoms with Gasteiger partial charge in [-0.25, -0.2) is 4.98 Å². The van der Waals surface area contributed by atoms with Gasteiger partial charge in [-0.2, -0.15) is 9.97 Å². The molecule has 3 heterocycles. The predicted octanol–water partition coefficient (Wildman–Crippen LogP) is 17.0. The highest BCUT2D eigenvalue weighted by molar-refractivity contribution is 6.23. The quantitative estimate of drug-likeness (QED) is 0.160. The number of fused-ring (bicyclic) bond motifs is 8. The van der Waals surface area contributed by atoms with Crippen molar-refractivity contribution in [1.82, 2.24) is 24.1 Å². The second-order valence-corrected chi connectivity index (χ2v) is 20.8. The average Bonchev–Trinajstić information content (AvgIpc) is 3.94. The molecule has 9 aromatic carbocycles. The minimum atomic E-state index is 0.104. The molecule has 0 saturated carbocycles. The number of benzene rings is 9. The van der Waals surface area contributed by atoms with Gasteiger partial charge in [0.1, 0.15) is 0 Å². The summed E-state index contributed by atoms with van der Waals surface area (Å²) in [4.78, 5) is 16.1. The molecule has 1 atom stereocenters. The van der Waals surface area contributed by atoms with E-state index in [4.69, 9.17) is 15.0 Å². The van der Waals surface area contributed by atoms with Crippen molar-refractivity contribution in [3.63, 3.8) is 0 Å². The molecule has 13 rings (SSSR count). The molecule has 5 heteroatoms. The average molecular weight is 916 g/mol. The van der Waals surface area contributed by atoms with E-state index >= 15 is 0 Å². The fraction of sp³-hybridized carbons (Fsp3) is 0.136. The van der Waals surface area contributed by atoms with Gasteiger partial charge in [0.05, 0.1) is 22.1 Å².